The average Bonchev–Trinajstić information content (AvgIpc) is 3.74. The van der Waals surface area contributed by atoms with E-state index in [4.69, 9.17) is 4.98 Å². The molecule has 0 spiro atoms. The molecule has 0 aromatic carbocycles. The Labute approximate surface area is 216 Å². The summed E-state index contributed by atoms with van der Waals surface area (Å²) in [7, 11) is 0. The van der Waals surface area contributed by atoms with Crippen molar-refractivity contribution in [2.24, 2.45) is 5.92 Å². The molecule has 1 fully saturated rings. The predicted octanol–water partition coefficient (Wildman–Crippen LogP) is 6.42. The lowest BCUT2D eigenvalue weighted by Gasteiger charge is -2.11. The van der Waals surface area contributed by atoms with Gasteiger partial charge in [0.2, 0.25) is 5.91 Å². The van der Waals surface area contributed by atoms with Gasteiger partial charge in [-0.3, -0.25) is 19.9 Å². The van der Waals surface area contributed by atoms with Crippen molar-refractivity contribution in [1.29, 1.82) is 0 Å². The van der Waals surface area contributed by atoms with E-state index >= 15 is 0 Å². The van der Waals surface area contributed by atoms with E-state index in [9.17, 15) is 4.79 Å². The number of aromatic amines is 2. The van der Waals surface area contributed by atoms with Crippen LogP contribution in [0.25, 0.3) is 55.7 Å². The number of H-pyrrole nitrogens is 2. The van der Waals surface area contributed by atoms with Crippen molar-refractivity contribution in [2.45, 2.75) is 25.7 Å². The molecule has 1 amide bonds. The van der Waals surface area contributed by atoms with Crippen LogP contribution in [0.2, 0.25) is 0 Å². The van der Waals surface area contributed by atoms with Crippen LogP contribution in [0.3, 0.4) is 0 Å². The largest absolute Gasteiger partial charge is 0.352 e. The normalized spacial score (nSPS) is 14.1. The summed E-state index contributed by atoms with van der Waals surface area (Å²) in [4.78, 5) is 29.8. The maximum Gasteiger partial charge on any atom is 0.227 e. The van der Waals surface area contributed by atoms with Crippen LogP contribution in [0.1, 0.15) is 25.7 Å². The molecule has 9 heteroatoms. The summed E-state index contributed by atoms with van der Waals surface area (Å²) in [5.74, 6) is 0.172. The van der Waals surface area contributed by atoms with Crippen molar-refractivity contribution >= 4 is 44.9 Å². The Hall–Kier alpha value is -4.37. The molecule has 0 radical (unpaired) electrons. The molecule has 37 heavy (non-hydrogen) atoms. The number of hydrogen-bond donors (Lipinski definition) is 3. The number of rotatable bonds is 5. The Morgan fingerprint density at radius 3 is 2.73 bits per heavy atom. The van der Waals surface area contributed by atoms with Crippen LogP contribution in [0.5, 0.6) is 0 Å². The second-order valence-corrected chi connectivity index (χ2v) is 10.2. The van der Waals surface area contributed by atoms with E-state index in [0.29, 0.717) is 5.69 Å². The first-order valence-corrected chi connectivity index (χ1v) is 13.3. The zero-order valence-electron chi connectivity index (χ0n) is 19.9. The molecular formula is C28H23N7OS. The van der Waals surface area contributed by atoms with Gasteiger partial charge in [-0.25, -0.2) is 4.98 Å². The van der Waals surface area contributed by atoms with Gasteiger partial charge in [-0.1, -0.05) is 12.8 Å². The molecule has 3 N–H and O–H groups in total. The number of nitrogens with one attached hydrogen (secondary N) is 3. The molecule has 6 aromatic heterocycles. The molecule has 0 unspecified atom stereocenters. The Bertz CT molecular complexity index is 1750. The van der Waals surface area contributed by atoms with Crippen LogP contribution in [0, 0.1) is 5.92 Å². The molecule has 6 aromatic rings. The van der Waals surface area contributed by atoms with E-state index in [1.807, 2.05) is 30.6 Å². The Kier molecular flexibility index (Phi) is 5.28. The molecule has 8 nitrogen and oxygen atoms in total. The first-order chi connectivity index (χ1) is 18.2. The van der Waals surface area contributed by atoms with Gasteiger partial charge >= 0.3 is 0 Å². The second kappa shape index (κ2) is 8.94. The monoisotopic (exact) mass is 505 g/mol. The van der Waals surface area contributed by atoms with Crippen molar-refractivity contribution in [2.75, 3.05) is 5.32 Å². The first kappa shape index (κ1) is 21.9. The highest BCUT2D eigenvalue weighted by molar-refractivity contribution is 7.08. The zero-order valence-corrected chi connectivity index (χ0v) is 20.7. The maximum absolute atomic E-state index is 12.6. The van der Waals surface area contributed by atoms with Gasteiger partial charge in [0.1, 0.15) is 11.2 Å². The van der Waals surface area contributed by atoms with Crippen LogP contribution in [0.4, 0.5) is 5.69 Å². The van der Waals surface area contributed by atoms with Crippen LogP contribution >= 0.6 is 11.3 Å². The van der Waals surface area contributed by atoms with Crippen molar-refractivity contribution in [1.82, 2.24) is 30.1 Å². The van der Waals surface area contributed by atoms with Crippen LogP contribution in [-0.2, 0) is 4.79 Å². The lowest BCUT2D eigenvalue weighted by molar-refractivity contribution is -0.119. The number of amides is 1. The molecule has 1 aliphatic carbocycles. The molecule has 0 bridgehead atoms. The van der Waals surface area contributed by atoms with Crippen LogP contribution < -0.4 is 5.32 Å². The summed E-state index contributed by atoms with van der Waals surface area (Å²) in [6.45, 7) is 0. The van der Waals surface area contributed by atoms with E-state index < -0.39 is 0 Å². The highest BCUT2D eigenvalue weighted by Gasteiger charge is 2.23. The smallest absolute Gasteiger partial charge is 0.227 e. The predicted molar refractivity (Wildman–Crippen MR) is 146 cm³/mol. The van der Waals surface area contributed by atoms with Crippen molar-refractivity contribution in [3.8, 4) is 33.8 Å². The van der Waals surface area contributed by atoms with Gasteiger partial charge in [-0.05, 0) is 59.5 Å². The average molecular weight is 506 g/mol. The van der Waals surface area contributed by atoms with Gasteiger partial charge < -0.3 is 10.3 Å². The molecule has 182 valence electrons. The third kappa shape index (κ3) is 3.97. The van der Waals surface area contributed by atoms with Gasteiger partial charge in [0.05, 0.1) is 40.5 Å². The molecular weight excluding hydrogens is 482 g/mol. The fourth-order valence-corrected chi connectivity index (χ4v) is 5.81. The number of aromatic nitrogens is 6. The molecule has 0 aliphatic heterocycles. The number of anilines is 1. The van der Waals surface area contributed by atoms with E-state index in [1.165, 1.54) is 0 Å². The minimum absolute atomic E-state index is 0.0760. The van der Waals surface area contributed by atoms with Crippen molar-refractivity contribution in [3.63, 3.8) is 0 Å². The highest BCUT2D eigenvalue weighted by atomic mass is 32.1. The third-order valence-electron chi connectivity index (χ3n) is 7.07. The third-order valence-corrected chi connectivity index (χ3v) is 7.75. The van der Waals surface area contributed by atoms with Gasteiger partial charge in [-0.2, -0.15) is 16.4 Å². The zero-order chi connectivity index (χ0) is 24.8. The lowest BCUT2D eigenvalue weighted by atomic mass is 10.1. The number of fused-ring (bicyclic) bond motifs is 2. The van der Waals surface area contributed by atoms with E-state index in [1.54, 1.807) is 23.7 Å². The number of nitrogens with zero attached hydrogens (tertiary/aromatic N) is 4. The number of thiophene rings is 1. The number of pyridine rings is 3. The van der Waals surface area contributed by atoms with Gasteiger partial charge in [0.25, 0.3) is 0 Å². The minimum atomic E-state index is 0.0760. The Morgan fingerprint density at radius 1 is 0.973 bits per heavy atom. The molecule has 1 saturated carbocycles. The topological polar surface area (TPSA) is 112 Å². The SMILES string of the molecule is O=C(Nc1cncc(-c2ccc3[nH]nc(-c4cc5c(-c6ccsc6)cncc5[nH]4)c3n2)c1)C1CCCC1. The minimum Gasteiger partial charge on any atom is -0.352 e. The Balaban J connectivity index is 1.25. The number of carbonyl (C=O) groups excluding carboxylic acids is 1. The van der Waals surface area contributed by atoms with E-state index in [2.05, 4.69) is 53.4 Å². The fourth-order valence-electron chi connectivity index (χ4n) is 5.15. The van der Waals surface area contributed by atoms with E-state index in [0.717, 1.165) is 81.4 Å². The summed E-state index contributed by atoms with van der Waals surface area (Å²) < 4.78 is 0. The standard InChI is InChI=1S/C28H23N7OS/c36-28(16-3-1-2-4-16)31-19-9-18(11-29-12-19)22-5-6-23-26(33-22)27(35-34-23)24-10-20-21(17-7-8-37-15-17)13-30-14-25(20)32-24/h5-16,32H,1-4H2,(H,31,36)(H,34,35). The van der Waals surface area contributed by atoms with Gasteiger partial charge in [0.15, 0.2) is 0 Å². The summed E-state index contributed by atoms with van der Waals surface area (Å²) in [5, 5.41) is 16.0. The van der Waals surface area contributed by atoms with Gasteiger partial charge in [0, 0.05) is 34.8 Å². The quantitative estimate of drug-likeness (QED) is 0.250. The molecule has 1 aliphatic rings. The fraction of sp³-hybridized carbons (Fsp3) is 0.179. The van der Waals surface area contributed by atoms with E-state index in [-0.39, 0.29) is 11.8 Å². The summed E-state index contributed by atoms with van der Waals surface area (Å²) >= 11 is 1.67. The molecule has 0 atom stereocenters. The highest BCUT2D eigenvalue weighted by Crippen LogP contribution is 2.34. The number of hydrogen-bond acceptors (Lipinski definition) is 6. The van der Waals surface area contributed by atoms with Crippen molar-refractivity contribution < 1.29 is 4.79 Å². The summed E-state index contributed by atoms with van der Waals surface area (Å²) in [6, 6.07) is 10.0. The van der Waals surface area contributed by atoms with Crippen LogP contribution in [-0.4, -0.2) is 36.0 Å². The molecule has 6 heterocycles. The second-order valence-electron chi connectivity index (χ2n) is 9.44. The Morgan fingerprint density at radius 2 is 1.86 bits per heavy atom. The molecule has 0 saturated heterocycles. The lowest BCUT2D eigenvalue weighted by Crippen LogP contribution is -2.20. The summed E-state index contributed by atoms with van der Waals surface area (Å²) in [5.41, 5.74) is 8.66. The first-order valence-electron chi connectivity index (χ1n) is 12.3. The van der Waals surface area contributed by atoms with Crippen molar-refractivity contribution in [3.05, 3.63) is 65.9 Å². The maximum atomic E-state index is 12.6. The van der Waals surface area contributed by atoms with Crippen LogP contribution in [0.15, 0.2) is 65.9 Å². The summed E-state index contributed by atoms with van der Waals surface area (Å²) in [6.07, 6.45) is 11.3. The molecule has 7 rings (SSSR count). The number of carbonyl (C=O) groups is 1. The van der Waals surface area contributed by atoms with Gasteiger partial charge in [-0.15, -0.1) is 0 Å².